The fourth-order valence-electron chi connectivity index (χ4n) is 2.21. The van der Waals surface area contributed by atoms with Gasteiger partial charge < -0.3 is 5.73 Å². The number of nitrogens with one attached hydrogen (secondary N) is 1. The van der Waals surface area contributed by atoms with E-state index in [2.05, 4.69) is 41.6 Å². The number of hydrazine groups is 1. The molecule has 0 spiro atoms. The number of benzene rings is 1. The van der Waals surface area contributed by atoms with E-state index in [9.17, 15) is 0 Å². The molecule has 0 fully saturated rings. The first-order valence-corrected chi connectivity index (χ1v) is 6.34. The molecule has 0 aliphatic rings. The first kappa shape index (κ1) is 13.5. The Kier molecular flexibility index (Phi) is 4.14. The van der Waals surface area contributed by atoms with Crippen molar-refractivity contribution in [2.24, 2.45) is 5.84 Å². The highest BCUT2D eigenvalue weighted by atomic mass is 15.2. The van der Waals surface area contributed by atoms with Crippen molar-refractivity contribution >= 4 is 5.82 Å². The van der Waals surface area contributed by atoms with E-state index in [1.165, 1.54) is 11.1 Å². The maximum absolute atomic E-state index is 5.94. The van der Waals surface area contributed by atoms with Gasteiger partial charge in [-0.1, -0.05) is 29.8 Å². The zero-order valence-electron chi connectivity index (χ0n) is 11.4. The Hall–Kier alpha value is -1.91. The molecule has 5 N–H and O–H groups in total. The van der Waals surface area contributed by atoms with Crippen molar-refractivity contribution in [2.45, 2.75) is 26.3 Å². The predicted octanol–water partition coefficient (Wildman–Crippen LogP) is 2.03. The minimum Gasteiger partial charge on any atom is -0.383 e. The number of nitrogens with zero attached hydrogens (tertiary/aromatic N) is 1. The molecule has 0 amide bonds. The van der Waals surface area contributed by atoms with Crippen LogP contribution in [0.2, 0.25) is 0 Å². The van der Waals surface area contributed by atoms with Gasteiger partial charge in [-0.15, -0.1) is 0 Å². The molecule has 4 heteroatoms. The van der Waals surface area contributed by atoms with E-state index in [1.54, 1.807) is 6.20 Å². The second-order valence-electron chi connectivity index (χ2n) is 4.90. The number of anilines is 1. The van der Waals surface area contributed by atoms with E-state index in [4.69, 9.17) is 11.6 Å². The zero-order chi connectivity index (χ0) is 13.8. The summed E-state index contributed by atoms with van der Waals surface area (Å²) in [5, 5.41) is 0. The van der Waals surface area contributed by atoms with Crippen molar-refractivity contribution in [3.05, 3.63) is 58.8 Å². The Morgan fingerprint density at radius 3 is 2.68 bits per heavy atom. The topological polar surface area (TPSA) is 77.0 Å². The van der Waals surface area contributed by atoms with E-state index in [0.717, 1.165) is 17.5 Å². The van der Waals surface area contributed by atoms with Crippen molar-refractivity contribution in [2.75, 3.05) is 5.73 Å². The molecule has 0 saturated carbocycles. The van der Waals surface area contributed by atoms with E-state index < -0.39 is 0 Å². The standard InChI is InChI=1S/C15H20N4/c1-10-4-3-5-12(6-10)8-14(19-17)13-7-11(2)9-18-15(13)16/h3-7,9,14,19H,8,17H2,1-2H3,(H2,16,18). The van der Waals surface area contributed by atoms with Crippen LogP contribution in [0.25, 0.3) is 0 Å². The molecule has 2 rings (SSSR count). The highest BCUT2D eigenvalue weighted by Gasteiger charge is 2.14. The Bertz CT molecular complexity index is 566. The predicted molar refractivity (Wildman–Crippen MR) is 78.3 cm³/mol. The highest BCUT2D eigenvalue weighted by molar-refractivity contribution is 5.43. The van der Waals surface area contributed by atoms with Crippen LogP contribution in [0, 0.1) is 13.8 Å². The van der Waals surface area contributed by atoms with Gasteiger partial charge in [0.15, 0.2) is 0 Å². The lowest BCUT2D eigenvalue weighted by Crippen LogP contribution is -2.30. The molecule has 1 unspecified atom stereocenters. The molecular weight excluding hydrogens is 236 g/mol. The van der Waals surface area contributed by atoms with Gasteiger partial charge in [-0.2, -0.15) is 0 Å². The maximum atomic E-state index is 5.94. The molecule has 19 heavy (non-hydrogen) atoms. The maximum Gasteiger partial charge on any atom is 0.128 e. The molecule has 0 aliphatic carbocycles. The fourth-order valence-corrected chi connectivity index (χ4v) is 2.21. The van der Waals surface area contributed by atoms with Crippen LogP contribution in [0.3, 0.4) is 0 Å². The summed E-state index contributed by atoms with van der Waals surface area (Å²) in [6.45, 7) is 4.08. The Morgan fingerprint density at radius 1 is 1.21 bits per heavy atom. The molecule has 1 heterocycles. The minimum atomic E-state index is -0.0331. The lowest BCUT2D eigenvalue weighted by atomic mass is 9.98. The van der Waals surface area contributed by atoms with Gasteiger partial charge in [0, 0.05) is 11.8 Å². The summed E-state index contributed by atoms with van der Waals surface area (Å²) < 4.78 is 0. The molecule has 4 nitrogen and oxygen atoms in total. The van der Waals surface area contributed by atoms with Crippen molar-refractivity contribution in [1.82, 2.24) is 10.4 Å². The molecular formula is C15H20N4. The molecule has 1 atom stereocenters. The number of nitrogen functional groups attached to an aromatic ring is 1. The molecule has 0 radical (unpaired) electrons. The third-order valence-electron chi connectivity index (χ3n) is 3.19. The molecule has 0 aliphatic heterocycles. The summed E-state index contributed by atoms with van der Waals surface area (Å²) in [4.78, 5) is 4.19. The van der Waals surface area contributed by atoms with Gasteiger partial charge in [-0.25, -0.2) is 4.98 Å². The van der Waals surface area contributed by atoms with Crippen LogP contribution >= 0.6 is 0 Å². The molecule has 1 aromatic carbocycles. The molecule has 0 saturated heterocycles. The number of nitrogens with two attached hydrogens (primary N) is 2. The van der Waals surface area contributed by atoms with E-state index in [-0.39, 0.29) is 6.04 Å². The first-order chi connectivity index (χ1) is 9.10. The zero-order valence-corrected chi connectivity index (χ0v) is 11.4. The van der Waals surface area contributed by atoms with Crippen LogP contribution in [0.5, 0.6) is 0 Å². The lowest BCUT2D eigenvalue weighted by Gasteiger charge is -2.18. The van der Waals surface area contributed by atoms with E-state index >= 15 is 0 Å². The summed E-state index contributed by atoms with van der Waals surface area (Å²) in [7, 11) is 0. The minimum absolute atomic E-state index is 0.0331. The average molecular weight is 256 g/mol. The lowest BCUT2D eigenvalue weighted by molar-refractivity contribution is 0.551. The Morgan fingerprint density at radius 2 is 2.00 bits per heavy atom. The number of hydrogen-bond donors (Lipinski definition) is 3. The van der Waals surface area contributed by atoms with Gasteiger partial charge in [0.05, 0.1) is 6.04 Å². The van der Waals surface area contributed by atoms with Gasteiger partial charge in [0.1, 0.15) is 5.82 Å². The van der Waals surface area contributed by atoms with Crippen LogP contribution in [0.4, 0.5) is 5.82 Å². The number of pyridine rings is 1. The van der Waals surface area contributed by atoms with Crippen LogP contribution < -0.4 is 17.0 Å². The van der Waals surface area contributed by atoms with Gasteiger partial charge in [0.2, 0.25) is 0 Å². The third kappa shape index (κ3) is 3.30. The Labute approximate surface area is 113 Å². The summed E-state index contributed by atoms with van der Waals surface area (Å²) in [5.41, 5.74) is 13.3. The van der Waals surface area contributed by atoms with Crippen molar-refractivity contribution < 1.29 is 0 Å². The average Bonchev–Trinajstić information content (AvgIpc) is 2.39. The fraction of sp³-hybridized carbons (Fsp3) is 0.267. The van der Waals surface area contributed by atoms with Gasteiger partial charge in [-0.05, 0) is 37.5 Å². The third-order valence-corrected chi connectivity index (χ3v) is 3.19. The van der Waals surface area contributed by atoms with Crippen molar-refractivity contribution in [3.63, 3.8) is 0 Å². The summed E-state index contributed by atoms with van der Waals surface area (Å²) in [6.07, 6.45) is 2.55. The summed E-state index contributed by atoms with van der Waals surface area (Å²) >= 11 is 0. The second-order valence-corrected chi connectivity index (χ2v) is 4.90. The van der Waals surface area contributed by atoms with Crippen LogP contribution in [-0.4, -0.2) is 4.98 Å². The Balaban J connectivity index is 2.27. The van der Waals surface area contributed by atoms with Gasteiger partial charge in [0.25, 0.3) is 0 Å². The first-order valence-electron chi connectivity index (χ1n) is 6.34. The van der Waals surface area contributed by atoms with Crippen molar-refractivity contribution in [1.29, 1.82) is 0 Å². The molecule has 1 aromatic heterocycles. The normalized spacial score (nSPS) is 12.4. The number of rotatable bonds is 4. The quantitative estimate of drug-likeness (QED) is 0.578. The second kappa shape index (κ2) is 5.82. The monoisotopic (exact) mass is 256 g/mol. The molecule has 0 bridgehead atoms. The van der Waals surface area contributed by atoms with Crippen LogP contribution in [0.15, 0.2) is 36.5 Å². The van der Waals surface area contributed by atoms with E-state index in [0.29, 0.717) is 5.82 Å². The van der Waals surface area contributed by atoms with Gasteiger partial charge >= 0.3 is 0 Å². The summed E-state index contributed by atoms with van der Waals surface area (Å²) in [6, 6.07) is 10.4. The number of aryl methyl sites for hydroxylation is 2. The van der Waals surface area contributed by atoms with Crippen LogP contribution in [-0.2, 0) is 6.42 Å². The van der Waals surface area contributed by atoms with Crippen LogP contribution in [0.1, 0.15) is 28.3 Å². The SMILES string of the molecule is Cc1cccc(CC(NN)c2cc(C)cnc2N)c1. The van der Waals surface area contributed by atoms with Gasteiger partial charge in [-0.3, -0.25) is 11.3 Å². The summed E-state index contributed by atoms with van der Waals surface area (Å²) in [5.74, 6) is 6.21. The highest BCUT2D eigenvalue weighted by Crippen LogP contribution is 2.23. The number of aromatic nitrogens is 1. The van der Waals surface area contributed by atoms with E-state index in [1.807, 2.05) is 13.0 Å². The van der Waals surface area contributed by atoms with Crippen molar-refractivity contribution in [3.8, 4) is 0 Å². The number of hydrogen-bond acceptors (Lipinski definition) is 4. The largest absolute Gasteiger partial charge is 0.383 e. The molecule has 100 valence electrons. The molecule has 2 aromatic rings. The smallest absolute Gasteiger partial charge is 0.128 e.